The van der Waals surface area contributed by atoms with Crippen LogP contribution in [0.2, 0.25) is 0 Å². The van der Waals surface area contributed by atoms with E-state index >= 15 is 0 Å². The van der Waals surface area contributed by atoms with Gasteiger partial charge in [-0.15, -0.1) is 35.9 Å². The van der Waals surface area contributed by atoms with Gasteiger partial charge in [-0.1, -0.05) is 12.1 Å². The zero-order valence-corrected chi connectivity index (χ0v) is 15.9. The number of pyridine rings is 3. The number of rotatable bonds is 2. The molecule has 4 rings (SSSR count). The summed E-state index contributed by atoms with van der Waals surface area (Å²) in [6, 6.07) is 21.7. The molecule has 1 N–H and O–H groups in total. The minimum atomic E-state index is -0.980. The van der Waals surface area contributed by atoms with E-state index in [2.05, 4.69) is 21.0 Å². The Labute approximate surface area is 164 Å². The van der Waals surface area contributed by atoms with Crippen LogP contribution >= 0.6 is 0 Å². The van der Waals surface area contributed by atoms with Gasteiger partial charge in [-0.05, 0) is 30.0 Å². The van der Waals surface area contributed by atoms with E-state index in [0.717, 1.165) is 11.3 Å². The molecule has 0 atom stereocenters. The molecule has 1 aromatic carbocycles. The molecule has 6 heteroatoms. The van der Waals surface area contributed by atoms with Crippen LogP contribution in [-0.4, -0.2) is 26.0 Å². The van der Waals surface area contributed by atoms with Gasteiger partial charge in [-0.2, -0.15) is 0 Å². The number of aromatic nitrogens is 3. The molecule has 0 saturated heterocycles. The van der Waals surface area contributed by atoms with E-state index in [-0.39, 0.29) is 25.7 Å². The number of aromatic carboxylic acids is 1. The minimum absolute atomic E-state index is 0. The summed E-state index contributed by atoms with van der Waals surface area (Å²) >= 11 is 0. The molecule has 0 aliphatic carbocycles. The summed E-state index contributed by atoms with van der Waals surface area (Å²) < 4.78 is 0. The third-order valence-corrected chi connectivity index (χ3v) is 3.38. The van der Waals surface area contributed by atoms with Crippen LogP contribution in [0.5, 0.6) is 0 Å². The molecule has 26 heavy (non-hydrogen) atoms. The van der Waals surface area contributed by atoms with Crippen molar-refractivity contribution in [3.05, 3.63) is 90.9 Å². The summed E-state index contributed by atoms with van der Waals surface area (Å²) in [5.41, 5.74) is 3.22. The van der Waals surface area contributed by atoms with Crippen molar-refractivity contribution in [1.82, 2.24) is 15.0 Å². The summed E-state index contributed by atoms with van der Waals surface area (Å²) in [6.45, 7) is 0. The molecule has 3 heterocycles. The van der Waals surface area contributed by atoms with E-state index in [4.69, 9.17) is 5.11 Å². The number of carboxylic acids is 1. The molecule has 0 fully saturated rings. The van der Waals surface area contributed by atoms with Gasteiger partial charge >= 0.3 is 5.97 Å². The summed E-state index contributed by atoms with van der Waals surface area (Å²) in [7, 11) is 0. The summed E-state index contributed by atoms with van der Waals surface area (Å²) in [5, 5.41) is 8.82. The van der Waals surface area contributed by atoms with Gasteiger partial charge in [0.25, 0.3) is 0 Å². The van der Waals surface area contributed by atoms with Crippen LogP contribution in [0.3, 0.4) is 0 Å². The van der Waals surface area contributed by atoms with Crippen molar-refractivity contribution in [2.24, 2.45) is 0 Å². The van der Waals surface area contributed by atoms with Gasteiger partial charge in [0.05, 0.1) is 11.1 Å². The zero-order chi connectivity index (χ0) is 17.5. The van der Waals surface area contributed by atoms with Crippen molar-refractivity contribution in [3.63, 3.8) is 0 Å². The molecule has 5 nitrogen and oxygen atoms in total. The van der Waals surface area contributed by atoms with Crippen molar-refractivity contribution in [2.45, 2.75) is 0 Å². The smallest absolute Gasteiger partial charge is 0.338 e. The van der Waals surface area contributed by atoms with Crippen molar-refractivity contribution >= 4 is 17.0 Å². The van der Waals surface area contributed by atoms with Crippen LogP contribution in [0.15, 0.2) is 79.3 Å². The molecule has 4 aromatic rings. The number of carboxylic acid groups (broad SMARTS) is 1. The van der Waals surface area contributed by atoms with Crippen molar-refractivity contribution in [2.75, 3.05) is 0 Å². The molecule has 0 amide bonds. The van der Waals surface area contributed by atoms with E-state index in [1.165, 1.54) is 12.3 Å². The third-order valence-electron chi connectivity index (χ3n) is 3.38. The first-order chi connectivity index (χ1) is 12.3. The van der Waals surface area contributed by atoms with Gasteiger partial charge in [0, 0.05) is 38.7 Å². The number of benzene rings is 1. The number of nitrogens with zero attached hydrogens (tertiary/aromatic N) is 3. The number of carbonyl (C=O) groups is 1. The molecule has 0 bridgehead atoms. The number of hydrogen-bond donors (Lipinski definition) is 1. The first-order valence-corrected chi connectivity index (χ1v) is 7.57. The number of hydrogen-bond acceptors (Lipinski definition) is 4. The molecule has 3 aromatic heterocycles. The molecular formula is C20H14IrN3O2-. The Balaban J connectivity index is 0.000000180. The summed E-state index contributed by atoms with van der Waals surface area (Å²) in [6.07, 6.45) is 4.81. The predicted molar refractivity (Wildman–Crippen MR) is 95.0 cm³/mol. The topological polar surface area (TPSA) is 76.0 Å². The van der Waals surface area contributed by atoms with E-state index in [0.29, 0.717) is 11.0 Å². The summed E-state index contributed by atoms with van der Waals surface area (Å²) in [4.78, 5) is 22.9. The van der Waals surface area contributed by atoms with Crippen LogP contribution in [-0.2, 0) is 20.1 Å². The molecule has 0 unspecified atom stereocenters. The predicted octanol–water partition coefficient (Wildman–Crippen LogP) is 3.87. The fraction of sp³-hybridized carbons (Fsp3) is 0. The molecule has 0 aliphatic rings. The SMILES string of the molecule is O=C(O)c1ccnc2cccnc12.[Ir].[c-]1ccccc1-c1ccccn1. The second kappa shape index (κ2) is 9.51. The first-order valence-electron chi connectivity index (χ1n) is 7.57. The maximum atomic E-state index is 10.7. The quantitative estimate of drug-likeness (QED) is 0.406. The molecule has 0 spiro atoms. The van der Waals surface area contributed by atoms with E-state index < -0.39 is 5.97 Å². The second-order valence-electron chi connectivity index (χ2n) is 5.03. The standard InChI is InChI=1S/C11H8N.C9H6N2O2.Ir/c1-2-6-10(7-3-1)11-8-4-5-9-12-11;12-9(13)6-3-5-10-7-2-1-4-11-8(6)7;/h1-6,8-9H;1-5H,(H,12,13);/q-1;;. The first kappa shape index (κ1) is 19.4. The third kappa shape index (κ3) is 4.79. The van der Waals surface area contributed by atoms with Gasteiger partial charge in [-0.3, -0.25) is 9.97 Å². The fourth-order valence-corrected chi connectivity index (χ4v) is 2.23. The van der Waals surface area contributed by atoms with Crippen LogP contribution in [0, 0.1) is 6.07 Å². The van der Waals surface area contributed by atoms with Crippen LogP contribution in [0.1, 0.15) is 10.4 Å². The van der Waals surface area contributed by atoms with Crippen LogP contribution in [0.25, 0.3) is 22.3 Å². The van der Waals surface area contributed by atoms with Gasteiger partial charge < -0.3 is 10.1 Å². The van der Waals surface area contributed by atoms with Gasteiger partial charge in [0.15, 0.2) is 0 Å². The molecule has 0 saturated carbocycles. The van der Waals surface area contributed by atoms with Crippen molar-refractivity contribution in [1.29, 1.82) is 0 Å². The fourth-order valence-electron chi connectivity index (χ4n) is 2.23. The number of fused-ring (bicyclic) bond motifs is 1. The van der Waals surface area contributed by atoms with Crippen molar-refractivity contribution < 1.29 is 30.0 Å². The van der Waals surface area contributed by atoms with E-state index in [9.17, 15) is 4.79 Å². The van der Waals surface area contributed by atoms with Gasteiger partial charge in [-0.25, -0.2) is 4.79 Å². The molecular weight excluding hydrogens is 506 g/mol. The Kier molecular flexibility index (Phi) is 7.09. The largest absolute Gasteiger partial charge is 0.478 e. The summed E-state index contributed by atoms with van der Waals surface area (Å²) in [5.74, 6) is -0.980. The zero-order valence-electron chi connectivity index (χ0n) is 13.5. The Hall–Kier alpha value is -2.95. The maximum Gasteiger partial charge on any atom is 0.338 e. The second-order valence-corrected chi connectivity index (χ2v) is 5.03. The van der Waals surface area contributed by atoms with Gasteiger partial charge in [0.2, 0.25) is 0 Å². The van der Waals surface area contributed by atoms with Crippen LogP contribution in [0.4, 0.5) is 0 Å². The van der Waals surface area contributed by atoms with E-state index in [1.807, 2.05) is 42.5 Å². The Bertz CT molecular complexity index is 937. The van der Waals surface area contributed by atoms with Crippen molar-refractivity contribution in [3.8, 4) is 11.3 Å². The molecule has 1 radical (unpaired) electrons. The van der Waals surface area contributed by atoms with E-state index in [1.54, 1.807) is 24.5 Å². The average Bonchev–Trinajstić information content (AvgIpc) is 2.69. The molecule has 131 valence electrons. The van der Waals surface area contributed by atoms with Crippen LogP contribution < -0.4 is 0 Å². The Morgan fingerprint density at radius 3 is 2.35 bits per heavy atom. The average molecular weight is 521 g/mol. The van der Waals surface area contributed by atoms with Gasteiger partial charge in [0.1, 0.15) is 5.52 Å². The normalized spacial score (nSPS) is 9.54. The Morgan fingerprint density at radius 2 is 1.65 bits per heavy atom. The molecule has 0 aliphatic heterocycles. The Morgan fingerprint density at radius 1 is 0.846 bits per heavy atom. The maximum absolute atomic E-state index is 10.7. The monoisotopic (exact) mass is 521 g/mol. The minimum Gasteiger partial charge on any atom is -0.478 e.